The molecule has 0 saturated carbocycles. The van der Waals surface area contributed by atoms with Crippen molar-refractivity contribution >= 4 is 32.7 Å². The van der Waals surface area contributed by atoms with E-state index >= 15 is 0 Å². The summed E-state index contributed by atoms with van der Waals surface area (Å²) in [5.74, 6) is 0. The lowest BCUT2D eigenvalue weighted by molar-refractivity contribution is 0.589. The number of rotatable bonds is 4. The fraction of sp³-hybridized carbons (Fsp3) is 0.0476. The Balaban J connectivity index is 1.86. The minimum Gasteiger partial charge on any atom is -0.240 e. The number of benzene rings is 3. The molecule has 5 heteroatoms. The van der Waals surface area contributed by atoms with Crippen LogP contribution in [0, 0.1) is 6.92 Å². The molecule has 0 fully saturated rings. The number of para-hydroxylation sites is 1. The average molecular weight is 380 g/mol. The van der Waals surface area contributed by atoms with Crippen LogP contribution >= 0.6 is 11.8 Å². The van der Waals surface area contributed by atoms with Crippen LogP contribution in [0.25, 0.3) is 10.9 Å². The van der Waals surface area contributed by atoms with Gasteiger partial charge in [0.1, 0.15) is 0 Å². The molecule has 0 saturated heterocycles. The second-order valence-corrected chi connectivity index (χ2v) is 8.97. The Kier molecular flexibility index (Phi) is 4.34. The van der Waals surface area contributed by atoms with E-state index < -0.39 is 10.0 Å². The topological polar surface area (TPSA) is 39.1 Å². The molecule has 1 aromatic heterocycles. The summed E-state index contributed by atoms with van der Waals surface area (Å²) in [5, 5.41) is 0.928. The molecule has 0 aliphatic rings. The molecule has 0 atom stereocenters. The molecule has 4 rings (SSSR count). The zero-order chi connectivity index (χ0) is 18.1. The molecule has 0 bridgehead atoms. The van der Waals surface area contributed by atoms with E-state index in [-0.39, 0.29) is 4.90 Å². The molecule has 0 N–H and O–H groups in total. The third kappa shape index (κ3) is 3.04. The lowest BCUT2D eigenvalue weighted by atomic mass is 10.2. The third-order valence-corrected chi connectivity index (χ3v) is 6.93. The van der Waals surface area contributed by atoms with Crippen molar-refractivity contribution in [2.75, 3.05) is 0 Å². The molecule has 0 radical (unpaired) electrons. The van der Waals surface area contributed by atoms with E-state index in [1.165, 1.54) is 9.54 Å². The number of hydrogen-bond donors (Lipinski definition) is 0. The Morgan fingerprint density at radius 1 is 0.808 bits per heavy atom. The quantitative estimate of drug-likeness (QED) is 0.480. The molecule has 1 heterocycles. The van der Waals surface area contributed by atoms with Crippen molar-refractivity contribution in [1.29, 1.82) is 0 Å². The van der Waals surface area contributed by atoms with Gasteiger partial charge in [-0.15, -0.1) is 0 Å². The Labute approximate surface area is 157 Å². The molecule has 4 aromatic rings. The Bertz CT molecular complexity index is 1160. The van der Waals surface area contributed by atoms with E-state index in [9.17, 15) is 8.42 Å². The summed E-state index contributed by atoms with van der Waals surface area (Å²) < 4.78 is 27.6. The van der Waals surface area contributed by atoms with Crippen molar-refractivity contribution < 1.29 is 8.42 Å². The van der Waals surface area contributed by atoms with Crippen LogP contribution in [-0.4, -0.2) is 12.4 Å². The molecule has 130 valence electrons. The maximum atomic E-state index is 13.1. The Morgan fingerprint density at radius 2 is 1.46 bits per heavy atom. The zero-order valence-corrected chi connectivity index (χ0v) is 15.8. The first-order chi connectivity index (χ1) is 12.6. The van der Waals surface area contributed by atoms with Crippen LogP contribution in [0.3, 0.4) is 0 Å². The minimum absolute atomic E-state index is 0.285. The van der Waals surface area contributed by atoms with Gasteiger partial charge in [0, 0.05) is 21.4 Å². The fourth-order valence-electron chi connectivity index (χ4n) is 2.84. The van der Waals surface area contributed by atoms with Gasteiger partial charge in [0.15, 0.2) is 0 Å². The number of nitrogens with zero attached hydrogens (tertiary/aromatic N) is 1. The normalized spacial score (nSPS) is 11.7. The monoisotopic (exact) mass is 379 g/mol. The van der Waals surface area contributed by atoms with Gasteiger partial charge in [-0.2, -0.15) is 0 Å². The smallest absolute Gasteiger partial charge is 0.240 e. The van der Waals surface area contributed by atoms with Crippen molar-refractivity contribution in [3.8, 4) is 0 Å². The van der Waals surface area contributed by atoms with Gasteiger partial charge in [0.05, 0.1) is 10.4 Å². The van der Waals surface area contributed by atoms with E-state index in [0.29, 0.717) is 5.52 Å². The maximum Gasteiger partial charge on any atom is 0.268 e. The van der Waals surface area contributed by atoms with Gasteiger partial charge < -0.3 is 0 Å². The van der Waals surface area contributed by atoms with Gasteiger partial charge in [0.25, 0.3) is 10.0 Å². The molecule has 0 aliphatic carbocycles. The largest absolute Gasteiger partial charge is 0.268 e. The van der Waals surface area contributed by atoms with Gasteiger partial charge in [-0.25, -0.2) is 12.4 Å². The standard InChI is InChI=1S/C21H17NO2S2/c1-16-11-13-17(14-12-16)25-21-15-22(20-10-6-5-9-19(20)21)26(23,24)18-7-3-2-4-8-18/h2-15H,1H3. The van der Waals surface area contributed by atoms with Crippen molar-refractivity contribution in [3.63, 3.8) is 0 Å². The van der Waals surface area contributed by atoms with Crippen LogP contribution in [0.2, 0.25) is 0 Å². The van der Waals surface area contributed by atoms with E-state index in [0.717, 1.165) is 15.2 Å². The maximum absolute atomic E-state index is 13.1. The Morgan fingerprint density at radius 3 is 2.19 bits per heavy atom. The van der Waals surface area contributed by atoms with Crippen molar-refractivity contribution in [2.45, 2.75) is 21.6 Å². The molecule has 3 nitrogen and oxygen atoms in total. The minimum atomic E-state index is -3.64. The lowest BCUT2D eigenvalue weighted by Gasteiger charge is -2.07. The number of hydrogen-bond acceptors (Lipinski definition) is 3. The summed E-state index contributed by atoms with van der Waals surface area (Å²) in [5.41, 5.74) is 1.88. The van der Waals surface area contributed by atoms with Crippen LogP contribution in [0.5, 0.6) is 0 Å². The van der Waals surface area contributed by atoms with Gasteiger partial charge >= 0.3 is 0 Å². The van der Waals surface area contributed by atoms with Crippen molar-refractivity contribution in [3.05, 3.63) is 90.6 Å². The summed E-state index contributed by atoms with van der Waals surface area (Å²) in [6, 6.07) is 24.3. The van der Waals surface area contributed by atoms with Crippen molar-refractivity contribution in [1.82, 2.24) is 3.97 Å². The van der Waals surface area contributed by atoms with E-state index in [4.69, 9.17) is 0 Å². The number of fused-ring (bicyclic) bond motifs is 1. The molecule has 26 heavy (non-hydrogen) atoms. The summed E-state index contributed by atoms with van der Waals surface area (Å²) in [7, 11) is -3.64. The SMILES string of the molecule is Cc1ccc(Sc2cn(S(=O)(=O)c3ccccc3)c3ccccc23)cc1. The third-order valence-electron chi connectivity index (χ3n) is 4.19. The van der Waals surface area contributed by atoms with Crippen LogP contribution in [0.4, 0.5) is 0 Å². The highest BCUT2D eigenvalue weighted by atomic mass is 32.2. The number of aryl methyl sites for hydroxylation is 1. The first-order valence-electron chi connectivity index (χ1n) is 8.21. The van der Waals surface area contributed by atoms with Crippen LogP contribution in [0.1, 0.15) is 5.56 Å². The van der Waals surface area contributed by atoms with E-state index in [1.54, 1.807) is 42.2 Å². The highest BCUT2D eigenvalue weighted by Gasteiger charge is 2.21. The molecule has 0 aliphatic heterocycles. The fourth-order valence-corrected chi connectivity index (χ4v) is 5.26. The highest BCUT2D eigenvalue weighted by molar-refractivity contribution is 7.99. The van der Waals surface area contributed by atoms with Gasteiger partial charge in [-0.3, -0.25) is 0 Å². The van der Waals surface area contributed by atoms with Crippen molar-refractivity contribution in [2.24, 2.45) is 0 Å². The predicted molar refractivity (Wildman–Crippen MR) is 106 cm³/mol. The first kappa shape index (κ1) is 16.9. The molecule has 0 unspecified atom stereocenters. The zero-order valence-electron chi connectivity index (χ0n) is 14.2. The van der Waals surface area contributed by atoms with Crippen LogP contribution < -0.4 is 0 Å². The van der Waals surface area contributed by atoms with Crippen LogP contribution in [0.15, 0.2) is 99.7 Å². The van der Waals surface area contributed by atoms with Crippen LogP contribution in [-0.2, 0) is 10.0 Å². The second kappa shape index (κ2) is 6.67. The molecule has 0 amide bonds. The lowest BCUT2D eigenvalue weighted by Crippen LogP contribution is -2.11. The predicted octanol–water partition coefficient (Wildman–Crippen LogP) is 5.34. The summed E-state index contributed by atoms with van der Waals surface area (Å²) >= 11 is 1.57. The molecular formula is C21H17NO2S2. The van der Waals surface area contributed by atoms with Gasteiger partial charge in [0.2, 0.25) is 0 Å². The molecule has 0 spiro atoms. The van der Waals surface area contributed by atoms with Gasteiger partial charge in [-0.05, 0) is 37.3 Å². The summed E-state index contributed by atoms with van der Waals surface area (Å²) in [4.78, 5) is 2.28. The average Bonchev–Trinajstić information content (AvgIpc) is 3.04. The molecule has 3 aromatic carbocycles. The molecular weight excluding hydrogens is 362 g/mol. The first-order valence-corrected chi connectivity index (χ1v) is 10.5. The summed E-state index contributed by atoms with van der Waals surface area (Å²) in [6.45, 7) is 2.05. The second-order valence-electron chi connectivity index (χ2n) is 6.04. The van der Waals surface area contributed by atoms with E-state index in [1.807, 2.05) is 37.3 Å². The number of aromatic nitrogens is 1. The van der Waals surface area contributed by atoms with Gasteiger partial charge in [-0.1, -0.05) is 65.9 Å². The Hall–Kier alpha value is -2.50. The highest BCUT2D eigenvalue weighted by Crippen LogP contribution is 2.36. The summed E-state index contributed by atoms with van der Waals surface area (Å²) in [6.07, 6.45) is 1.72. The van der Waals surface area contributed by atoms with E-state index in [2.05, 4.69) is 24.3 Å².